The molecule has 0 saturated carbocycles. The lowest BCUT2D eigenvalue weighted by atomic mass is 10.0. The van der Waals surface area contributed by atoms with Crippen LogP contribution in [0, 0.1) is 17.5 Å². The first-order valence-electron chi connectivity index (χ1n) is 4.94. The third kappa shape index (κ3) is 2.38. The molecule has 0 fully saturated rings. The summed E-state index contributed by atoms with van der Waals surface area (Å²) >= 11 is 5.70. The fraction of sp³-hybridized carbons (Fsp3) is 0. The van der Waals surface area contributed by atoms with Crippen molar-refractivity contribution in [2.45, 2.75) is 0 Å². The van der Waals surface area contributed by atoms with E-state index in [1.165, 1.54) is 18.2 Å². The van der Waals surface area contributed by atoms with Gasteiger partial charge >= 0.3 is 0 Å². The average Bonchev–Trinajstić information content (AvgIpc) is 2.34. The molecule has 18 heavy (non-hydrogen) atoms. The van der Waals surface area contributed by atoms with Gasteiger partial charge in [0.25, 0.3) is 0 Å². The van der Waals surface area contributed by atoms with Gasteiger partial charge in [0.05, 0.1) is 0 Å². The van der Waals surface area contributed by atoms with Gasteiger partial charge in [-0.1, -0.05) is 23.7 Å². The van der Waals surface area contributed by atoms with Gasteiger partial charge in [0.2, 0.25) is 0 Å². The van der Waals surface area contributed by atoms with Crippen LogP contribution >= 0.6 is 11.6 Å². The second-order valence-electron chi connectivity index (χ2n) is 3.59. The standard InChI is InChI=1S/C13H6ClF3O/c14-9-3-1-2-7(4-9)13(18)8-5-10(15)12(17)11(16)6-8/h1-6H. The summed E-state index contributed by atoms with van der Waals surface area (Å²) in [5, 5.41) is 0.323. The Morgan fingerprint density at radius 2 is 1.56 bits per heavy atom. The Balaban J connectivity index is 2.47. The summed E-state index contributed by atoms with van der Waals surface area (Å²) in [6, 6.07) is 7.22. The summed E-state index contributed by atoms with van der Waals surface area (Å²) in [5.41, 5.74) is -0.0958. The Hall–Kier alpha value is -1.81. The van der Waals surface area contributed by atoms with Gasteiger partial charge in [-0.15, -0.1) is 0 Å². The van der Waals surface area contributed by atoms with Crippen LogP contribution in [0.15, 0.2) is 36.4 Å². The zero-order valence-electron chi connectivity index (χ0n) is 8.88. The predicted octanol–water partition coefficient (Wildman–Crippen LogP) is 3.99. The average molecular weight is 271 g/mol. The largest absolute Gasteiger partial charge is 0.289 e. The monoisotopic (exact) mass is 270 g/mol. The smallest absolute Gasteiger partial charge is 0.194 e. The maximum Gasteiger partial charge on any atom is 0.194 e. The third-order valence-electron chi connectivity index (χ3n) is 2.33. The van der Waals surface area contributed by atoms with Gasteiger partial charge in [-0.25, -0.2) is 13.2 Å². The molecule has 2 rings (SSSR count). The van der Waals surface area contributed by atoms with Crippen LogP contribution in [0.3, 0.4) is 0 Å². The minimum absolute atomic E-state index is 0.174. The lowest BCUT2D eigenvalue weighted by molar-refractivity contribution is 0.103. The quantitative estimate of drug-likeness (QED) is 0.596. The summed E-state index contributed by atoms with van der Waals surface area (Å²) in [6.45, 7) is 0. The summed E-state index contributed by atoms with van der Waals surface area (Å²) in [5.74, 6) is -5.03. The first-order valence-corrected chi connectivity index (χ1v) is 5.31. The van der Waals surface area contributed by atoms with Crippen molar-refractivity contribution in [1.29, 1.82) is 0 Å². The van der Waals surface area contributed by atoms with Crippen LogP contribution in [0.2, 0.25) is 5.02 Å². The van der Waals surface area contributed by atoms with E-state index in [1.807, 2.05) is 0 Å². The minimum Gasteiger partial charge on any atom is -0.289 e. The van der Waals surface area contributed by atoms with E-state index in [0.717, 1.165) is 0 Å². The van der Waals surface area contributed by atoms with Crippen molar-refractivity contribution in [3.63, 3.8) is 0 Å². The van der Waals surface area contributed by atoms with E-state index in [2.05, 4.69) is 0 Å². The Kier molecular flexibility index (Phi) is 3.39. The van der Waals surface area contributed by atoms with Gasteiger partial charge < -0.3 is 0 Å². The normalized spacial score (nSPS) is 10.4. The number of rotatable bonds is 2. The van der Waals surface area contributed by atoms with Gasteiger partial charge in [-0.05, 0) is 24.3 Å². The molecule has 2 aromatic carbocycles. The Bertz CT molecular complexity index is 602. The van der Waals surface area contributed by atoms with Crippen LogP contribution in [0.25, 0.3) is 0 Å². The van der Waals surface area contributed by atoms with Crippen molar-refractivity contribution in [3.05, 3.63) is 70.0 Å². The number of halogens is 4. The van der Waals surface area contributed by atoms with Gasteiger partial charge in [0, 0.05) is 16.1 Å². The maximum atomic E-state index is 13.0. The number of hydrogen-bond acceptors (Lipinski definition) is 1. The van der Waals surface area contributed by atoms with Gasteiger partial charge in [-0.2, -0.15) is 0 Å². The van der Waals surface area contributed by atoms with Crippen LogP contribution in [0.1, 0.15) is 15.9 Å². The fourth-order valence-corrected chi connectivity index (χ4v) is 1.67. The van der Waals surface area contributed by atoms with Crippen molar-refractivity contribution >= 4 is 17.4 Å². The molecule has 0 atom stereocenters. The van der Waals surface area contributed by atoms with Crippen molar-refractivity contribution in [1.82, 2.24) is 0 Å². The van der Waals surface area contributed by atoms with Crippen molar-refractivity contribution in [3.8, 4) is 0 Å². The molecular formula is C13H6ClF3O. The van der Waals surface area contributed by atoms with E-state index in [4.69, 9.17) is 11.6 Å². The zero-order valence-corrected chi connectivity index (χ0v) is 9.64. The Morgan fingerprint density at radius 3 is 2.11 bits per heavy atom. The number of hydrogen-bond donors (Lipinski definition) is 0. The predicted molar refractivity (Wildman–Crippen MR) is 61.2 cm³/mol. The molecule has 0 heterocycles. The van der Waals surface area contributed by atoms with Crippen molar-refractivity contribution in [2.75, 3.05) is 0 Å². The molecule has 0 saturated heterocycles. The Labute approximate surface area is 106 Å². The van der Waals surface area contributed by atoms with Crippen LogP contribution < -0.4 is 0 Å². The Morgan fingerprint density at radius 1 is 0.944 bits per heavy atom. The third-order valence-corrected chi connectivity index (χ3v) is 2.57. The van der Waals surface area contributed by atoms with Crippen molar-refractivity contribution in [2.24, 2.45) is 0 Å². The highest BCUT2D eigenvalue weighted by Gasteiger charge is 2.16. The SMILES string of the molecule is O=C(c1cccc(Cl)c1)c1cc(F)c(F)c(F)c1. The molecule has 0 aliphatic carbocycles. The molecule has 0 spiro atoms. The summed E-state index contributed by atoms with van der Waals surface area (Å²) in [7, 11) is 0. The lowest BCUT2D eigenvalue weighted by Crippen LogP contribution is -2.04. The van der Waals surface area contributed by atoms with E-state index in [9.17, 15) is 18.0 Å². The van der Waals surface area contributed by atoms with E-state index in [-0.39, 0.29) is 11.1 Å². The van der Waals surface area contributed by atoms with Gasteiger partial charge in [0.1, 0.15) is 0 Å². The first-order chi connectivity index (χ1) is 8.49. The second-order valence-corrected chi connectivity index (χ2v) is 4.03. The topological polar surface area (TPSA) is 17.1 Å². The van der Waals surface area contributed by atoms with Gasteiger partial charge in [-0.3, -0.25) is 4.79 Å². The minimum atomic E-state index is -1.60. The summed E-state index contributed by atoms with van der Waals surface area (Å²) < 4.78 is 38.8. The molecule has 0 radical (unpaired) electrons. The highest BCUT2D eigenvalue weighted by Crippen LogP contribution is 2.18. The highest BCUT2D eigenvalue weighted by atomic mass is 35.5. The molecule has 5 heteroatoms. The first kappa shape index (κ1) is 12.6. The van der Waals surface area contributed by atoms with Crippen LogP contribution in [-0.4, -0.2) is 5.78 Å². The highest BCUT2D eigenvalue weighted by molar-refractivity contribution is 6.31. The molecule has 0 aliphatic rings. The molecule has 1 nitrogen and oxygen atoms in total. The number of carbonyl (C=O) groups excluding carboxylic acids is 1. The molecule has 0 amide bonds. The van der Waals surface area contributed by atoms with Crippen LogP contribution in [-0.2, 0) is 0 Å². The number of ketones is 1. The van der Waals surface area contributed by atoms with Crippen molar-refractivity contribution < 1.29 is 18.0 Å². The molecule has 2 aromatic rings. The van der Waals surface area contributed by atoms with E-state index in [1.54, 1.807) is 6.07 Å². The lowest BCUT2D eigenvalue weighted by Gasteiger charge is -2.03. The van der Waals surface area contributed by atoms with Crippen LogP contribution in [0.5, 0.6) is 0 Å². The summed E-state index contributed by atoms with van der Waals surface area (Å²) in [6.07, 6.45) is 0. The van der Waals surface area contributed by atoms with E-state index < -0.39 is 23.2 Å². The number of benzene rings is 2. The van der Waals surface area contributed by atoms with Gasteiger partial charge in [0.15, 0.2) is 23.2 Å². The van der Waals surface area contributed by atoms with E-state index >= 15 is 0 Å². The second kappa shape index (κ2) is 4.82. The molecule has 92 valence electrons. The van der Waals surface area contributed by atoms with Crippen LogP contribution in [0.4, 0.5) is 13.2 Å². The van der Waals surface area contributed by atoms with E-state index in [0.29, 0.717) is 17.2 Å². The maximum absolute atomic E-state index is 13.0. The number of carbonyl (C=O) groups is 1. The fourth-order valence-electron chi connectivity index (χ4n) is 1.48. The molecule has 0 unspecified atom stereocenters. The molecule has 0 N–H and O–H groups in total. The zero-order chi connectivity index (χ0) is 13.3. The molecule has 0 aliphatic heterocycles. The molecular weight excluding hydrogens is 265 g/mol. The summed E-state index contributed by atoms with van der Waals surface area (Å²) in [4.78, 5) is 11.9. The molecule has 0 bridgehead atoms. The molecule has 0 aromatic heterocycles.